The molecule has 0 saturated heterocycles. The van der Waals surface area contributed by atoms with Gasteiger partial charge in [0.15, 0.2) is 0 Å². The molecule has 0 spiro atoms. The van der Waals surface area contributed by atoms with Crippen molar-refractivity contribution in [1.82, 2.24) is 0 Å². The number of aromatic hydroxyl groups is 1. The minimum absolute atomic E-state index is 0.327. The maximum Gasteiger partial charge on any atom is 0.116 e. The molecule has 0 saturated carbocycles. The lowest BCUT2D eigenvalue weighted by molar-refractivity contribution is 0.474. The Bertz CT molecular complexity index is 426. The molecule has 15 heavy (non-hydrogen) atoms. The predicted molar refractivity (Wildman–Crippen MR) is 64.1 cm³/mol. The number of rotatable bonds is 3. The van der Waals surface area contributed by atoms with Crippen LogP contribution < -0.4 is 0 Å². The van der Waals surface area contributed by atoms with Crippen LogP contribution in [-0.2, 0) is 5.75 Å². The molecule has 0 atom stereocenters. The molecule has 0 fully saturated rings. The zero-order valence-corrected chi connectivity index (χ0v) is 9.08. The molecular formula is C13H12OS. The number of phenols is 1. The summed E-state index contributed by atoms with van der Waals surface area (Å²) in [4.78, 5) is 1.10. The van der Waals surface area contributed by atoms with Crippen molar-refractivity contribution >= 4 is 11.8 Å². The normalized spacial score (nSPS) is 10.1. The zero-order chi connectivity index (χ0) is 10.5. The van der Waals surface area contributed by atoms with E-state index in [0.29, 0.717) is 5.75 Å². The van der Waals surface area contributed by atoms with E-state index in [0.717, 1.165) is 10.6 Å². The fraction of sp³-hybridized carbons (Fsp3) is 0.0769. The molecule has 76 valence electrons. The third-order valence-electron chi connectivity index (χ3n) is 2.07. The molecule has 0 heterocycles. The number of phenolic OH excluding ortho intramolecular Hbond substituents is 1. The van der Waals surface area contributed by atoms with Crippen molar-refractivity contribution in [3.63, 3.8) is 0 Å². The third-order valence-corrected chi connectivity index (χ3v) is 3.13. The Balaban J connectivity index is 1.99. The van der Waals surface area contributed by atoms with E-state index in [1.54, 1.807) is 23.9 Å². The van der Waals surface area contributed by atoms with Crippen LogP contribution in [0.4, 0.5) is 0 Å². The van der Waals surface area contributed by atoms with Crippen molar-refractivity contribution < 1.29 is 5.11 Å². The Morgan fingerprint density at radius 3 is 2.47 bits per heavy atom. The van der Waals surface area contributed by atoms with E-state index in [2.05, 4.69) is 12.1 Å². The number of hydrogen-bond donors (Lipinski definition) is 1. The second-order valence-electron chi connectivity index (χ2n) is 3.27. The van der Waals surface area contributed by atoms with Crippen LogP contribution in [-0.4, -0.2) is 5.11 Å². The molecule has 2 rings (SSSR count). The van der Waals surface area contributed by atoms with Gasteiger partial charge in [0.25, 0.3) is 0 Å². The smallest absolute Gasteiger partial charge is 0.116 e. The quantitative estimate of drug-likeness (QED) is 0.790. The van der Waals surface area contributed by atoms with Crippen LogP contribution in [0.25, 0.3) is 0 Å². The van der Waals surface area contributed by atoms with Crippen LogP contribution in [0.1, 0.15) is 5.56 Å². The Labute approximate surface area is 93.8 Å². The summed E-state index contributed by atoms with van der Waals surface area (Å²) in [5.41, 5.74) is 1.30. The third kappa shape index (κ3) is 3.03. The predicted octanol–water partition coefficient (Wildman–Crippen LogP) is 3.68. The molecule has 0 aromatic heterocycles. The lowest BCUT2D eigenvalue weighted by Gasteiger charge is -2.02. The molecule has 1 N–H and O–H groups in total. The van der Waals surface area contributed by atoms with Crippen LogP contribution in [0.5, 0.6) is 5.75 Å². The van der Waals surface area contributed by atoms with Crippen molar-refractivity contribution in [1.29, 1.82) is 0 Å². The molecule has 2 aromatic rings. The summed E-state index contributed by atoms with van der Waals surface area (Å²) in [6, 6.07) is 17.7. The monoisotopic (exact) mass is 216 g/mol. The van der Waals surface area contributed by atoms with Crippen LogP contribution in [0, 0.1) is 0 Å². The summed E-state index contributed by atoms with van der Waals surface area (Å²) >= 11 is 1.73. The van der Waals surface area contributed by atoms with Gasteiger partial charge in [-0.25, -0.2) is 0 Å². The maximum absolute atomic E-state index is 9.30. The summed E-state index contributed by atoms with van der Waals surface area (Å²) in [6.07, 6.45) is 0. The van der Waals surface area contributed by atoms with Gasteiger partial charge in [-0.1, -0.05) is 36.4 Å². The summed E-state index contributed by atoms with van der Waals surface area (Å²) in [7, 11) is 0. The topological polar surface area (TPSA) is 20.2 Å². The minimum Gasteiger partial charge on any atom is -0.508 e. The van der Waals surface area contributed by atoms with Gasteiger partial charge in [-0.3, -0.25) is 0 Å². The van der Waals surface area contributed by atoms with Crippen molar-refractivity contribution in [2.75, 3.05) is 0 Å². The zero-order valence-electron chi connectivity index (χ0n) is 8.26. The first kappa shape index (κ1) is 10.1. The Hall–Kier alpha value is -1.41. The highest BCUT2D eigenvalue weighted by atomic mass is 32.2. The van der Waals surface area contributed by atoms with E-state index in [9.17, 15) is 5.11 Å². The van der Waals surface area contributed by atoms with E-state index in [-0.39, 0.29) is 0 Å². The van der Waals surface area contributed by atoms with Gasteiger partial charge in [0, 0.05) is 10.6 Å². The molecule has 2 heteroatoms. The molecule has 0 aliphatic carbocycles. The summed E-state index contributed by atoms with van der Waals surface area (Å²) < 4.78 is 0. The highest BCUT2D eigenvalue weighted by Gasteiger charge is 1.96. The average molecular weight is 216 g/mol. The first-order valence-corrected chi connectivity index (χ1v) is 5.79. The van der Waals surface area contributed by atoms with Crippen molar-refractivity contribution in [2.45, 2.75) is 10.6 Å². The average Bonchev–Trinajstić information content (AvgIpc) is 2.28. The van der Waals surface area contributed by atoms with E-state index in [1.165, 1.54) is 5.56 Å². The number of thioether (sulfide) groups is 1. The number of hydrogen-bond acceptors (Lipinski definition) is 2. The van der Waals surface area contributed by atoms with Crippen LogP contribution in [0.15, 0.2) is 59.5 Å². The molecule has 0 amide bonds. The van der Waals surface area contributed by atoms with Crippen LogP contribution in [0.3, 0.4) is 0 Å². The fourth-order valence-corrected chi connectivity index (χ4v) is 2.22. The molecule has 1 nitrogen and oxygen atoms in total. The van der Waals surface area contributed by atoms with Gasteiger partial charge < -0.3 is 5.11 Å². The van der Waals surface area contributed by atoms with E-state index >= 15 is 0 Å². The molecule has 0 unspecified atom stereocenters. The largest absolute Gasteiger partial charge is 0.508 e. The van der Waals surface area contributed by atoms with E-state index in [1.807, 2.05) is 30.3 Å². The highest BCUT2D eigenvalue weighted by Crippen LogP contribution is 2.25. The van der Waals surface area contributed by atoms with Crippen molar-refractivity contribution in [3.05, 3.63) is 60.2 Å². The van der Waals surface area contributed by atoms with Crippen LogP contribution in [0.2, 0.25) is 0 Å². The summed E-state index contributed by atoms with van der Waals surface area (Å²) in [6.45, 7) is 0. The Morgan fingerprint density at radius 2 is 1.73 bits per heavy atom. The molecule has 0 aliphatic heterocycles. The molecule has 0 aliphatic rings. The SMILES string of the molecule is Oc1cccc(SCc2ccccc2)c1. The van der Waals surface area contributed by atoms with E-state index < -0.39 is 0 Å². The minimum atomic E-state index is 0.327. The molecular weight excluding hydrogens is 204 g/mol. The van der Waals surface area contributed by atoms with Gasteiger partial charge in [-0.2, -0.15) is 0 Å². The van der Waals surface area contributed by atoms with E-state index in [4.69, 9.17) is 0 Å². The van der Waals surface area contributed by atoms with Gasteiger partial charge in [0.05, 0.1) is 0 Å². The molecule has 0 bridgehead atoms. The van der Waals surface area contributed by atoms with Gasteiger partial charge in [-0.15, -0.1) is 11.8 Å². The second kappa shape index (κ2) is 4.89. The lowest BCUT2D eigenvalue weighted by atomic mass is 10.2. The fourth-order valence-electron chi connectivity index (χ4n) is 1.31. The summed E-state index contributed by atoms with van der Waals surface area (Å²) in [5.74, 6) is 1.26. The molecule has 0 radical (unpaired) electrons. The lowest BCUT2D eigenvalue weighted by Crippen LogP contribution is -1.78. The van der Waals surface area contributed by atoms with Gasteiger partial charge in [-0.05, 0) is 23.8 Å². The van der Waals surface area contributed by atoms with Crippen molar-refractivity contribution in [3.8, 4) is 5.75 Å². The van der Waals surface area contributed by atoms with Gasteiger partial charge in [0.2, 0.25) is 0 Å². The first-order valence-electron chi connectivity index (χ1n) is 4.80. The molecule has 2 aromatic carbocycles. The highest BCUT2D eigenvalue weighted by molar-refractivity contribution is 7.98. The Morgan fingerprint density at radius 1 is 0.933 bits per heavy atom. The standard InChI is InChI=1S/C13H12OS/c14-12-7-4-8-13(9-12)15-10-11-5-2-1-3-6-11/h1-9,14H,10H2. The number of benzene rings is 2. The van der Waals surface area contributed by atoms with Gasteiger partial charge >= 0.3 is 0 Å². The van der Waals surface area contributed by atoms with Gasteiger partial charge in [0.1, 0.15) is 5.75 Å². The van der Waals surface area contributed by atoms with Crippen molar-refractivity contribution in [2.24, 2.45) is 0 Å². The van der Waals surface area contributed by atoms with Crippen LogP contribution >= 0.6 is 11.8 Å². The summed E-state index contributed by atoms with van der Waals surface area (Å²) in [5, 5.41) is 9.30. The second-order valence-corrected chi connectivity index (χ2v) is 4.32. The maximum atomic E-state index is 9.30. The Kier molecular flexibility index (Phi) is 3.30. The first-order chi connectivity index (χ1) is 7.34.